The first-order valence-corrected chi connectivity index (χ1v) is 4.56. The Bertz CT molecular complexity index is 301. The molecular formula is C11H13NO. The lowest BCUT2D eigenvalue weighted by Crippen LogP contribution is -2.10. The van der Waals surface area contributed by atoms with Crippen molar-refractivity contribution in [2.24, 2.45) is 4.99 Å². The van der Waals surface area contributed by atoms with Crippen LogP contribution in [0.4, 0.5) is 0 Å². The summed E-state index contributed by atoms with van der Waals surface area (Å²) in [5.41, 5.74) is 0.970. The third-order valence-corrected chi connectivity index (χ3v) is 2.41. The van der Waals surface area contributed by atoms with Gasteiger partial charge in [0, 0.05) is 6.21 Å². The first-order valence-electron chi connectivity index (χ1n) is 4.56. The Hall–Kier alpha value is -1.15. The summed E-state index contributed by atoms with van der Waals surface area (Å²) < 4.78 is 0. The van der Waals surface area contributed by atoms with E-state index in [0.717, 1.165) is 18.4 Å². The Labute approximate surface area is 77.9 Å². The molecule has 0 amide bonds. The maximum atomic E-state index is 9.02. The third-order valence-electron chi connectivity index (χ3n) is 2.41. The smallest absolute Gasteiger partial charge is 0.0839 e. The van der Waals surface area contributed by atoms with Crippen LogP contribution in [0.3, 0.4) is 0 Å². The van der Waals surface area contributed by atoms with Crippen molar-refractivity contribution in [3.8, 4) is 0 Å². The second-order valence-corrected chi connectivity index (χ2v) is 3.55. The molecule has 13 heavy (non-hydrogen) atoms. The van der Waals surface area contributed by atoms with Crippen LogP contribution in [0.2, 0.25) is 0 Å². The van der Waals surface area contributed by atoms with Crippen molar-refractivity contribution in [1.29, 1.82) is 0 Å². The topological polar surface area (TPSA) is 32.6 Å². The minimum absolute atomic E-state index is 0.129. The van der Waals surface area contributed by atoms with Gasteiger partial charge in [0.25, 0.3) is 0 Å². The number of aliphatic imine (C=N–C) groups is 1. The molecule has 0 spiro atoms. The summed E-state index contributed by atoms with van der Waals surface area (Å²) in [5, 5.41) is 9.02. The number of rotatable bonds is 3. The molecule has 0 atom stereocenters. The fraction of sp³-hybridized carbons (Fsp3) is 0.364. The van der Waals surface area contributed by atoms with Crippen LogP contribution >= 0.6 is 0 Å². The molecular weight excluding hydrogens is 162 g/mol. The van der Waals surface area contributed by atoms with E-state index in [9.17, 15) is 0 Å². The van der Waals surface area contributed by atoms with E-state index in [1.807, 2.05) is 36.5 Å². The van der Waals surface area contributed by atoms with E-state index in [0.29, 0.717) is 0 Å². The van der Waals surface area contributed by atoms with Crippen molar-refractivity contribution in [1.82, 2.24) is 0 Å². The highest BCUT2D eigenvalue weighted by Crippen LogP contribution is 2.38. The van der Waals surface area contributed by atoms with Gasteiger partial charge in [-0.1, -0.05) is 30.3 Å². The van der Waals surface area contributed by atoms with Gasteiger partial charge in [-0.25, -0.2) is 0 Å². The Kier molecular flexibility index (Phi) is 2.15. The molecule has 68 valence electrons. The van der Waals surface area contributed by atoms with E-state index < -0.39 is 0 Å². The zero-order chi connectivity index (χ0) is 9.15. The molecule has 1 saturated carbocycles. The molecule has 0 unspecified atom stereocenters. The van der Waals surface area contributed by atoms with E-state index in [1.54, 1.807) is 0 Å². The van der Waals surface area contributed by atoms with Crippen LogP contribution in [0.1, 0.15) is 18.4 Å². The Morgan fingerprint density at radius 3 is 2.54 bits per heavy atom. The average molecular weight is 175 g/mol. The van der Waals surface area contributed by atoms with E-state index in [2.05, 4.69) is 4.99 Å². The molecule has 1 N–H and O–H groups in total. The summed E-state index contributed by atoms with van der Waals surface area (Å²) in [5.74, 6) is 0. The summed E-state index contributed by atoms with van der Waals surface area (Å²) in [4.78, 5) is 4.38. The van der Waals surface area contributed by atoms with Crippen molar-refractivity contribution in [3.63, 3.8) is 0 Å². The molecule has 1 aliphatic rings. The maximum absolute atomic E-state index is 9.02. The number of aliphatic hydroxyl groups excluding tert-OH is 1. The minimum atomic E-state index is -0.129. The maximum Gasteiger partial charge on any atom is 0.0839 e. The molecule has 0 radical (unpaired) electrons. The fourth-order valence-corrected chi connectivity index (χ4v) is 1.22. The van der Waals surface area contributed by atoms with E-state index in [4.69, 9.17) is 5.11 Å². The SMILES string of the molecule is OCC1(/N=C/c2ccccc2)CC1. The Morgan fingerprint density at radius 2 is 2.00 bits per heavy atom. The van der Waals surface area contributed by atoms with E-state index in [1.165, 1.54) is 0 Å². The third kappa shape index (κ3) is 1.95. The second kappa shape index (κ2) is 3.30. The van der Waals surface area contributed by atoms with Gasteiger partial charge < -0.3 is 5.11 Å². The highest BCUT2D eigenvalue weighted by molar-refractivity contribution is 5.79. The molecule has 0 saturated heterocycles. The van der Waals surface area contributed by atoms with Crippen molar-refractivity contribution < 1.29 is 5.11 Å². The molecule has 1 aromatic carbocycles. The van der Waals surface area contributed by atoms with Crippen molar-refractivity contribution in [2.75, 3.05) is 6.61 Å². The van der Waals surface area contributed by atoms with Gasteiger partial charge in [-0.05, 0) is 18.4 Å². The van der Waals surface area contributed by atoms with Gasteiger partial charge in [-0.2, -0.15) is 0 Å². The number of benzene rings is 1. The normalized spacial score (nSPS) is 19.2. The van der Waals surface area contributed by atoms with Crippen LogP contribution in [-0.2, 0) is 0 Å². The van der Waals surface area contributed by atoms with Gasteiger partial charge in [-0.3, -0.25) is 4.99 Å². The first kappa shape index (κ1) is 8.45. The lowest BCUT2D eigenvalue weighted by Gasteiger charge is -2.02. The summed E-state index contributed by atoms with van der Waals surface area (Å²) in [6.07, 6.45) is 3.89. The molecule has 0 aliphatic heterocycles. The predicted molar refractivity (Wildman–Crippen MR) is 53.1 cm³/mol. The lowest BCUT2D eigenvalue weighted by molar-refractivity contribution is 0.258. The largest absolute Gasteiger partial charge is 0.394 e. The number of hydrogen-bond donors (Lipinski definition) is 1. The fourth-order valence-electron chi connectivity index (χ4n) is 1.22. The number of nitrogens with zero attached hydrogens (tertiary/aromatic N) is 1. The van der Waals surface area contributed by atoms with Crippen molar-refractivity contribution in [3.05, 3.63) is 35.9 Å². The van der Waals surface area contributed by atoms with Gasteiger partial charge >= 0.3 is 0 Å². The van der Waals surface area contributed by atoms with Crippen LogP contribution in [0.5, 0.6) is 0 Å². The molecule has 0 bridgehead atoms. The lowest BCUT2D eigenvalue weighted by atomic mass is 10.2. The highest BCUT2D eigenvalue weighted by Gasteiger charge is 2.41. The quantitative estimate of drug-likeness (QED) is 0.696. The number of hydrogen-bond acceptors (Lipinski definition) is 2. The Balaban J connectivity index is 2.06. The van der Waals surface area contributed by atoms with Crippen LogP contribution < -0.4 is 0 Å². The van der Waals surface area contributed by atoms with Gasteiger partial charge in [-0.15, -0.1) is 0 Å². The zero-order valence-corrected chi connectivity index (χ0v) is 7.48. The van der Waals surface area contributed by atoms with Crippen molar-refractivity contribution in [2.45, 2.75) is 18.4 Å². The molecule has 2 nitrogen and oxygen atoms in total. The van der Waals surface area contributed by atoms with Gasteiger partial charge in [0.1, 0.15) is 0 Å². The van der Waals surface area contributed by atoms with E-state index in [-0.39, 0.29) is 12.1 Å². The minimum Gasteiger partial charge on any atom is -0.394 e. The van der Waals surface area contributed by atoms with Crippen LogP contribution in [0, 0.1) is 0 Å². The van der Waals surface area contributed by atoms with E-state index >= 15 is 0 Å². The molecule has 2 heteroatoms. The van der Waals surface area contributed by atoms with Gasteiger partial charge in [0.05, 0.1) is 12.1 Å². The van der Waals surface area contributed by atoms with Gasteiger partial charge in [0.15, 0.2) is 0 Å². The molecule has 0 aromatic heterocycles. The Morgan fingerprint density at radius 1 is 1.31 bits per heavy atom. The number of aliphatic hydroxyl groups is 1. The predicted octanol–water partition coefficient (Wildman–Crippen LogP) is 1.63. The summed E-state index contributed by atoms with van der Waals surface area (Å²) >= 11 is 0. The van der Waals surface area contributed by atoms with Crippen LogP contribution in [0.25, 0.3) is 0 Å². The standard InChI is InChI=1S/C11H13NO/c13-9-11(6-7-11)12-8-10-4-2-1-3-5-10/h1-5,8,13H,6-7,9H2/b12-8+. The summed E-state index contributed by atoms with van der Waals surface area (Å²) in [6, 6.07) is 9.98. The monoisotopic (exact) mass is 175 g/mol. The van der Waals surface area contributed by atoms with Crippen molar-refractivity contribution >= 4 is 6.21 Å². The highest BCUT2D eigenvalue weighted by atomic mass is 16.3. The average Bonchev–Trinajstić information content (AvgIpc) is 2.97. The molecule has 1 aromatic rings. The zero-order valence-electron chi connectivity index (χ0n) is 7.48. The van der Waals surface area contributed by atoms with Gasteiger partial charge in [0.2, 0.25) is 0 Å². The molecule has 1 aliphatic carbocycles. The first-order chi connectivity index (χ1) is 6.35. The van der Waals surface area contributed by atoms with Crippen LogP contribution in [-0.4, -0.2) is 23.5 Å². The molecule has 1 fully saturated rings. The summed E-state index contributed by atoms with van der Waals surface area (Å²) in [6.45, 7) is 0.177. The molecule has 0 heterocycles. The van der Waals surface area contributed by atoms with Crippen LogP contribution in [0.15, 0.2) is 35.3 Å². The second-order valence-electron chi connectivity index (χ2n) is 3.55. The summed E-state index contributed by atoms with van der Waals surface area (Å²) in [7, 11) is 0. The molecule has 2 rings (SSSR count).